The molecule has 0 unspecified atom stereocenters. The number of amides is 1. The molecule has 1 aromatic heterocycles. The fraction of sp³-hybridized carbons (Fsp3) is 0.238. The number of nitrogens with one attached hydrogen (secondary N) is 1. The standard InChI is InChI=1S/C21H20N2O4S/c1-14-13-28-21(22-14)15-3-6-17(7-4-15)27-12-20(24)23-16-5-8-18-19(11-16)26-10-2-9-25-18/h3-8,11,13H,2,9-10,12H2,1H3,(H,23,24). The molecular weight excluding hydrogens is 376 g/mol. The predicted octanol–water partition coefficient (Wildman–Crippen LogP) is 4.30. The molecule has 4 rings (SSSR count). The fourth-order valence-electron chi connectivity index (χ4n) is 2.77. The van der Waals surface area contributed by atoms with Crippen molar-refractivity contribution in [3.8, 4) is 27.8 Å². The van der Waals surface area contributed by atoms with Crippen LogP contribution in [0.2, 0.25) is 0 Å². The van der Waals surface area contributed by atoms with Crippen LogP contribution in [-0.2, 0) is 4.79 Å². The molecule has 0 fully saturated rings. The third-order valence-electron chi connectivity index (χ3n) is 4.12. The number of aryl methyl sites for hydroxylation is 1. The Hall–Kier alpha value is -3.06. The maximum absolute atomic E-state index is 12.2. The summed E-state index contributed by atoms with van der Waals surface area (Å²) in [4.78, 5) is 16.7. The monoisotopic (exact) mass is 396 g/mol. The first-order valence-electron chi connectivity index (χ1n) is 9.02. The first-order valence-corrected chi connectivity index (χ1v) is 9.90. The number of anilines is 1. The fourth-order valence-corrected chi connectivity index (χ4v) is 3.57. The molecule has 0 bridgehead atoms. The average Bonchev–Trinajstić information content (AvgIpc) is 3.00. The molecule has 1 aliphatic heterocycles. The second-order valence-electron chi connectivity index (χ2n) is 6.37. The van der Waals surface area contributed by atoms with Crippen molar-refractivity contribution in [2.75, 3.05) is 25.1 Å². The molecule has 144 valence electrons. The van der Waals surface area contributed by atoms with Gasteiger partial charge in [-0.2, -0.15) is 0 Å². The molecule has 0 radical (unpaired) electrons. The molecule has 0 saturated heterocycles. The summed E-state index contributed by atoms with van der Waals surface area (Å²) in [6.07, 6.45) is 0.838. The van der Waals surface area contributed by atoms with Gasteiger partial charge in [0.1, 0.15) is 10.8 Å². The average molecular weight is 396 g/mol. The van der Waals surface area contributed by atoms with Crippen LogP contribution in [0.4, 0.5) is 5.69 Å². The van der Waals surface area contributed by atoms with Crippen molar-refractivity contribution in [2.24, 2.45) is 0 Å². The van der Waals surface area contributed by atoms with Gasteiger partial charge in [-0.05, 0) is 43.3 Å². The molecule has 0 atom stereocenters. The lowest BCUT2D eigenvalue weighted by molar-refractivity contribution is -0.118. The van der Waals surface area contributed by atoms with E-state index in [1.807, 2.05) is 36.6 Å². The first kappa shape index (κ1) is 18.3. The summed E-state index contributed by atoms with van der Waals surface area (Å²) in [5.74, 6) is 1.73. The highest BCUT2D eigenvalue weighted by Gasteiger charge is 2.12. The van der Waals surface area contributed by atoms with Gasteiger partial charge in [0.25, 0.3) is 5.91 Å². The zero-order valence-electron chi connectivity index (χ0n) is 15.4. The van der Waals surface area contributed by atoms with E-state index in [2.05, 4.69) is 10.3 Å². The van der Waals surface area contributed by atoms with Crippen LogP contribution in [0.15, 0.2) is 47.8 Å². The number of thiazole rings is 1. The van der Waals surface area contributed by atoms with Crippen molar-refractivity contribution in [3.63, 3.8) is 0 Å². The summed E-state index contributed by atoms with van der Waals surface area (Å²) < 4.78 is 16.8. The minimum atomic E-state index is -0.242. The quantitative estimate of drug-likeness (QED) is 0.696. The van der Waals surface area contributed by atoms with E-state index >= 15 is 0 Å². The Bertz CT molecular complexity index is 969. The van der Waals surface area contributed by atoms with E-state index < -0.39 is 0 Å². The topological polar surface area (TPSA) is 69.7 Å². The van der Waals surface area contributed by atoms with Crippen LogP contribution in [0.5, 0.6) is 17.2 Å². The van der Waals surface area contributed by atoms with Crippen molar-refractivity contribution in [2.45, 2.75) is 13.3 Å². The van der Waals surface area contributed by atoms with E-state index in [0.29, 0.717) is 36.1 Å². The van der Waals surface area contributed by atoms with E-state index in [1.165, 1.54) is 0 Å². The third-order valence-corrected chi connectivity index (χ3v) is 5.13. The molecule has 1 amide bonds. The van der Waals surface area contributed by atoms with Crippen molar-refractivity contribution in [1.82, 2.24) is 4.98 Å². The molecule has 2 heterocycles. The van der Waals surface area contributed by atoms with Gasteiger partial charge in [0.15, 0.2) is 18.1 Å². The molecular formula is C21H20N2O4S. The Morgan fingerprint density at radius 2 is 1.93 bits per heavy atom. The molecule has 0 aliphatic carbocycles. The lowest BCUT2D eigenvalue weighted by Crippen LogP contribution is -2.20. The smallest absolute Gasteiger partial charge is 0.262 e. The van der Waals surface area contributed by atoms with E-state index in [4.69, 9.17) is 14.2 Å². The van der Waals surface area contributed by atoms with Crippen LogP contribution in [0, 0.1) is 6.92 Å². The molecule has 0 saturated carbocycles. The van der Waals surface area contributed by atoms with E-state index in [-0.39, 0.29) is 12.5 Å². The van der Waals surface area contributed by atoms with Gasteiger partial charge in [0.2, 0.25) is 0 Å². The summed E-state index contributed by atoms with van der Waals surface area (Å²) >= 11 is 1.60. The SMILES string of the molecule is Cc1csc(-c2ccc(OCC(=O)Nc3ccc4c(c3)OCCCO4)cc2)n1. The Kier molecular flexibility index (Phi) is 5.43. The minimum absolute atomic E-state index is 0.0792. The third kappa shape index (κ3) is 4.43. The number of carbonyl (C=O) groups excluding carboxylic acids is 1. The molecule has 28 heavy (non-hydrogen) atoms. The Morgan fingerprint density at radius 3 is 2.68 bits per heavy atom. The first-order chi connectivity index (χ1) is 13.7. The van der Waals surface area contributed by atoms with Gasteiger partial charge >= 0.3 is 0 Å². The van der Waals surface area contributed by atoms with Crippen molar-refractivity contribution in [3.05, 3.63) is 53.5 Å². The van der Waals surface area contributed by atoms with Gasteiger partial charge in [-0.3, -0.25) is 4.79 Å². The van der Waals surface area contributed by atoms with Crippen LogP contribution < -0.4 is 19.5 Å². The number of benzene rings is 2. The van der Waals surface area contributed by atoms with Crippen molar-refractivity contribution >= 4 is 22.9 Å². The minimum Gasteiger partial charge on any atom is -0.490 e. The highest BCUT2D eigenvalue weighted by molar-refractivity contribution is 7.13. The maximum Gasteiger partial charge on any atom is 0.262 e. The summed E-state index contributed by atoms with van der Waals surface area (Å²) in [5.41, 5.74) is 2.68. The van der Waals surface area contributed by atoms with Crippen molar-refractivity contribution in [1.29, 1.82) is 0 Å². The zero-order valence-corrected chi connectivity index (χ0v) is 16.3. The van der Waals surface area contributed by atoms with Gasteiger partial charge in [-0.1, -0.05) is 0 Å². The summed E-state index contributed by atoms with van der Waals surface area (Å²) in [6, 6.07) is 12.9. The van der Waals surface area contributed by atoms with Gasteiger partial charge in [-0.15, -0.1) is 11.3 Å². The van der Waals surface area contributed by atoms with Gasteiger partial charge < -0.3 is 19.5 Å². The maximum atomic E-state index is 12.2. The Balaban J connectivity index is 1.32. The normalized spacial score (nSPS) is 12.9. The number of hydrogen-bond donors (Lipinski definition) is 1. The van der Waals surface area contributed by atoms with E-state index in [1.54, 1.807) is 29.5 Å². The van der Waals surface area contributed by atoms with Crippen LogP contribution in [0.3, 0.4) is 0 Å². The van der Waals surface area contributed by atoms with Gasteiger partial charge in [-0.25, -0.2) is 4.98 Å². The molecule has 3 aromatic rings. The number of aromatic nitrogens is 1. The highest BCUT2D eigenvalue weighted by atomic mass is 32.1. The second kappa shape index (κ2) is 8.31. The molecule has 6 nitrogen and oxygen atoms in total. The number of hydrogen-bond acceptors (Lipinski definition) is 6. The second-order valence-corrected chi connectivity index (χ2v) is 7.23. The molecule has 1 aliphatic rings. The summed E-state index contributed by atoms with van der Waals surface area (Å²) in [6.45, 7) is 3.13. The molecule has 2 aromatic carbocycles. The van der Waals surface area contributed by atoms with E-state index in [9.17, 15) is 4.79 Å². The van der Waals surface area contributed by atoms with Gasteiger partial charge in [0.05, 0.1) is 13.2 Å². The Labute approximate surface area is 167 Å². The lowest BCUT2D eigenvalue weighted by Gasteiger charge is -2.11. The van der Waals surface area contributed by atoms with E-state index in [0.717, 1.165) is 22.7 Å². The molecule has 1 N–H and O–H groups in total. The van der Waals surface area contributed by atoms with Crippen LogP contribution in [0.1, 0.15) is 12.1 Å². The number of rotatable bonds is 5. The summed E-state index contributed by atoms with van der Waals surface area (Å²) in [5, 5.41) is 5.80. The number of carbonyl (C=O) groups is 1. The molecule has 7 heteroatoms. The number of fused-ring (bicyclic) bond motifs is 1. The van der Waals surface area contributed by atoms with Crippen LogP contribution >= 0.6 is 11.3 Å². The van der Waals surface area contributed by atoms with Gasteiger partial charge in [0, 0.05) is 34.8 Å². The number of ether oxygens (including phenoxy) is 3. The predicted molar refractivity (Wildman–Crippen MR) is 108 cm³/mol. The van der Waals surface area contributed by atoms with Crippen molar-refractivity contribution < 1.29 is 19.0 Å². The molecule has 0 spiro atoms. The summed E-state index contributed by atoms with van der Waals surface area (Å²) in [7, 11) is 0. The largest absolute Gasteiger partial charge is 0.490 e. The van der Waals surface area contributed by atoms with Crippen LogP contribution in [0.25, 0.3) is 10.6 Å². The van der Waals surface area contributed by atoms with Crippen LogP contribution in [-0.4, -0.2) is 30.7 Å². The lowest BCUT2D eigenvalue weighted by atomic mass is 10.2. The number of nitrogens with zero attached hydrogens (tertiary/aromatic N) is 1. The highest BCUT2D eigenvalue weighted by Crippen LogP contribution is 2.32. The zero-order chi connectivity index (χ0) is 19.3. The Morgan fingerprint density at radius 1 is 1.14 bits per heavy atom.